The van der Waals surface area contributed by atoms with E-state index in [-0.39, 0.29) is 0 Å². The Labute approximate surface area is 95.6 Å². The van der Waals surface area contributed by atoms with Gasteiger partial charge in [-0.2, -0.15) is 0 Å². The quantitative estimate of drug-likeness (QED) is 0.845. The molecule has 0 aliphatic rings. The van der Waals surface area contributed by atoms with Crippen molar-refractivity contribution in [2.24, 2.45) is 0 Å². The van der Waals surface area contributed by atoms with Crippen LogP contribution in [0.5, 0.6) is 0 Å². The van der Waals surface area contributed by atoms with Crippen LogP contribution >= 0.6 is 0 Å². The first-order valence-corrected chi connectivity index (χ1v) is 5.38. The van der Waals surface area contributed by atoms with Gasteiger partial charge in [0.1, 0.15) is 5.82 Å². The molecule has 82 valence electrons. The van der Waals surface area contributed by atoms with Crippen molar-refractivity contribution >= 4 is 0 Å². The lowest BCUT2D eigenvalue weighted by atomic mass is 10.2. The van der Waals surface area contributed by atoms with Gasteiger partial charge in [-0.1, -0.05) is 30.3 Å². The minimum Gasteiger partial charge on any atom is -0.307 e. The monoisotopic (exact) mass is 213 g/mol. The molecule has 0 aliphatic heterocycles. The molecule has 0 aliphatic carbocycles. The average molecular weight is 213 g/mol. The van der Waals surface area contributed by atoms with E-state index in [4.69, 9.17) is 0 Å². The van der Waals surface area contributed by atoms with Crippen LogP contribution in [0.3, 0.4) is 0 Å². The largest absolute Gasteiger partial charge is 0.307 e. The van der Waals surface area contributed by atoms with Crippen molar-refractivity contribution in [3.05, 3.63) is 59.7 Å². The lowest BCUT2D eigenvalue weighted by molar-refractivity contribution is 0.675. The fraction of sp³-hybridized carbons (Fsp3) is 0.231. The van der Waals surface area contributed by atoms with Crippen LogP contribution in [0.25, 0.3) is 0 Å². The zero-order valence-corrected chi connectivity index (χ0v) is 9.35. The lowest BCUT2D eigenvalue weighted by Crippen LogP contribution is -2.14. The van der Waals surface area contributed by atoms with E-state index in [0.29, 0.717) is 0 Å². The van der Waals surface area contributed by atoms with Gasteiger partial charge in [-0.25, -0.2) is 9.97 Å². The van der Waals surface area contributed by atoms with Crippen molar-refractivity contribution in [3.63, 3.8) is 0 Å². The first kappa shape index (κ1) is 10.8. The van der Waals surface area contributed by atoms with E-state index < -0.39 is 0 Å². The number of aryl methyl sites for hydroxylation is 1. The molecule has 0 saturated carbocycles. The summed E-state index contributed by atoms with van der Waals surface area (Å²) >= 11 is 0. The molecule has 0 atom stereocenters. The third-order valence-corrected chi connectivity index (χ3v) is 2.31. The minimum atomic E-state index is 0.776. The number of rotatable bonds is 4. The van der Waals surface area contributed by atoms with Gasteiger partial charge in [-0.05, 0) is 18.6 Å². The Balaban J connectivity index is 1.85. The Bertz CT molecular complexity index is 440. The molecule has 2 aromatic rings. The van der Waals surface area contributed by atoms with E-state index in [1.165, 1.54) is 5.56 Å². The third-order valence-electron chi connectivity index (χ3n) is 2.31. The van der Waals surface area contributed by atoms with Gasteiger partial charge in [-0.3, -0.25) is 0 Å². The van der Waals surface area contributed by atoms with Gasteiger partial charge in [-0.15, -0.1) is 0 Å². The van der Waals surface area contributed by atoms with Crippen LogP contribution in [0.2, 0.25) is 0 Å². The van der Waals surface area contributed by atoms with Crippen molar-refractivity contribution in [1.82, 2.24) is 15.3 Å². The molecule has 3 heteroatoms. The number of nitrogens with zero attached hydrogens (tertiary/aromatic N) is 2. The number of benzene rings is 1. The number of hydrogen-bond donors (Lipinski definition) is 1. The maximum absolute atomic E-state index is 4.33. The second kappa shape index (κ2) is 5.37. The Morgan fingerprint density at radius 2 is 1.88 bits per heavy atom. The van der Waals surface area contributed by atoms with E-state index in [0.717, 1.165) is 24.6 Å². The fourth-order valence-corrected chi connectivity index (χ4v) is 1.53. The second-order valence-electron chi connectivity index (χ2n) is 3.68. The molecule has 1 aromatic heterocycles. The maximum Gasteiger partial charge on any atom is 0.125 e. The summed E-state index contributed by atoms with van der Waals surface area (Å²) in [5.74, 6) is 0.819. The molecule has 1 aromatic carbocycles. The molecular formula is C13H15N3. The number of aromatic nitrogens is 2. The summed E-state index contributed by atoms with van der Waals surface area (Å²) in [5, 5.41) is 3.35. The summed E-state index contributed by atoms with van der Waals surface area (Å²) in [4.78, 5) is 8.40. The maximum atomic E-state index is 4.33. The van der Waals surface area contributed by atoms with Gasteiger partial charge >= 0.3 is 0 Å². The summed E-state index contributed by atoms with van der Waals surface area (Å²) in [7, 11) is 0. The lowest BCUT2D eigenvalue weighted by Gasteiger charge is -2.04. The van der Waals surface area contributed by atoms with Crippen molar-refractivity contribution in [3.8, 4) is 0 Å². The Kier molecular flexibility index (Phi) is 3.62. The molecule has 1 heterocycles. The van der Waals surface area contributed by atoms with E-state index in [9.17, 15) is 0 Å². The zero-order valence-electron chi connectivity index (χ0n) is 9.35. The van der Waals surface area contributed by atoms with Crippen LogP contribution in [0.1, 0.15) is 17.1 Å². The summed E-state index contributed by atoms with van der Waals surface area (Å²) < 4.78 is 0. The molecule has 0 unspecified atom stereocenters. The first-order valence-electron chi connectivity index (χ1n) is 5.38. The first-order chi connectivity index (χ1) is 7.84. The van der Waals surface area contributed by atoms with Gasteiger partial charge in [0.2, 0.25) is 0 Å². The molecule has 3 nitrogen and oxygen atoms in total. The van der Waals surface area contributed by atoms with Crippen molar-refractivity contribution in [2.45, 2.75) is 20.0 Å². The van der Waals surface area contributed by atoms with Crippen molar-refractivity contribution in [2.75, 3.05) is 0 Å². The van der Waals surface area contributed by atoms with Gasteiger partial charge in [0, 0.05) is 19.3 Å². The third kappa shape index (κ3) is 3.14. The highest BCUT2D eigenvalue weighted by Crippen LogP contribution is 1.99. The normalized spacial score (nSPS) is 10.3. The minimum absolute atomic E-state index is 0.776. The van der Waals surface area contributed by atoms with Crippen molar-refractivity contribution < 1.29 is 0 Å². The van der Waals surface area contributed by atoms with Crippen molar-refractivity contribution in [1.29, 1.82) is 0 Å². The molecule has 0 fully saturated rings. The van der Waals surface area contributed by atoms with Gasteiger partial charge < -0.3 is 5.32 Å². The molecule has 16 heavy (non-hydrogen) atoms. The number of nitrogens with one attached hydrogen (secondary N) is 1. The molecule has 1 N–H and O–H groups in total. The molecular weight excluding hydrogens is 198 g/mol. The highest BCUT2D eigenvalue weighted by Gasteiger charge is 1.95. The predicted octanol–water partition coefficient (Wildman–Crippen LogP) is 2.07. The van der Waals surface area contributed by atoms with E-state index in [2.05, 4.69) is 27.4 Å². The van der Waals surface area contributed by atoms with E-state index >= 15 is 0 Å². The molecule has 2 rings (SSSR count). The highest BCUT2D eigenvalue weighted by molar-refractivity contribution is 5.14. The standard InChI is InChI=1S/C13H15N3/c1-11-15-8-7-13(16-11)10-14-9-12-5-3-2-4-6-12/h2-8,14H,9-10H2,1H3. The summed E-state index contributed by atoms with van der Waals surface area (Å²) in [5.41, 5.74) is 2.32. The summed E-state index contributed by atoms with van der Waals surface area (Å²) in [6, 6.07) is 12.3. The Morgan fingerprint density at radius 3 is 2.62 bits per heavy atom. The van der Waals surface area contributed by atoms with E-state index in [1.807, 2.05) is 31.2 Å². The molecule has 0 radical (unpaired) electrons. The van der Waals surface area contributed by atoms with Crippen LogP contribution in [0, 0.1) is 6.92 Å². The van der Waals surface area contributed by atoms with Gasteiger partial charge in [0.15, 0.2) is 0 Å². The number of hydrogen-bond acceptors (Lipinski definition) is 3. The average Bonchev–Trinajstić information content (AvgIpc) is 2.30. The van der Waals surface area contributed by atoms with Crippen LogP contribution < -0.4 is 5.32 Å². The highest BCUT2D eigenvalue weighted by atomic mass is 14.9. The second-order valence-corrected chi connectivity index (χ2v) is 3.68. The molecule has 0 bridgehead atoms. The smallest absolute Gasteiger partial charge is 0.125 e. The molecule has 0 amide bonds. The van der Waals surface area contributed by atoms with Crippen LogP contribution in [0.4, 0.5) is 0 Å². The summed E-state index contributed by atoms with van der Waals surface area (Å²) in [6.45, 7) is 3.54. The predicted molar refractivity (Wildman–Crippen MR) is 63.8 cm³/mol. The Morgan fingerprint density at radius 1 is 1.06 bits per heavy atom. The van der Waals surface area contributed by atoms with Crippen LogP contribution in [-0.2, 0) is 13.1 Å². The van der Waals surface area contributed by atoms with Gasteiger partial charge in [0.25, 0.3) is 0 Å². The molecule has 0 saturated heterocycles. The summed E-state index contributed by atoms with van der Waals surface area (Å²) in [6.07, 6.45) is 1.79. The molecule has 0 spiro atoms. The fourth-order valence-electron chi connectivity index (χ4n) is 1.53. The zero-order chi connectivity index (χ0) is 11.2. The topological polar surface area (TPSA) is 37.8 Å². The van der Waals surface area contributed by atoms with Crippen LogP contribution in [-0.4, -0.2) is 9.97 Å². The Hall–Kier alpha value is -1.74. The van der Waals surface area contributed by atoms with Gasteiger partial charge in [0.05, 0.1) is 5.69 Å². The van der Waals surface area contributed by atoms with Crippen LogP contribution in [0.15, 0.2) is 42.6 Å². The van der Waals surface area contributed by atoms with E-state index in [1.54, 1.807) is 6.20 Å². The SMILES string of the molecule is Cc1nccc(CNCc2ccccc2)n1.